The molecule has 1 aromatic rings. The molecule has 1 atom stereocenters. The van der Waals surface area contributed by atoms with E-state index >= 15 is 0 Å². The first-order valence-electron chi connectivity index (χ1n) is 5.89. The maximum atomic E-state index is 12.3. The molecule has 1 aliphatic heterocycles. The second-order valence-corrected chi connectivity index (χ2v) is 4.41. The van der Waals surface area contributed by atoms with Crippen molar-refractivity contribution >= 4 is 11.5 Å². The lowest BCUT2D eigenvalue weighted by atomic mass is 9.98. The van der Waals surface area contributed by atoms with Crippen molar-refractivity contribution in [2.24, 2.45) is 5.92 Å². The summed E-state index contributed by atoms with van der Waals surface area (Å²) in [6.07, 6.45) is 0.449. The first-order chi connectivity index (χ1) is 8.58. The standard InChI is InChI=1S/C13H15F2NO2/c1-9-8-16(7-6-11(9)17)10-4-2-3-5-12(10)18-13(14)15/h2-5,9,13H,6-8H2,1H3. The third-order valence-electron chi connectivity index (χ3n) is 3.09. The number of hydrogen-bond acceptors (Lipinski definition) is 3. The van der Waals surface area contributed by atoms with E-state index in [1.165, 1.54) is 6.07 Å². The molecule has 0 aromatic heterocycles. The van der Waals surface area contributed by atoms with Gasteiger partial charge in [0.2, 0.25) is 0 Å². The van der Waals surface area contributed by atoms with Crippen molar-refractivity contribution in [2.45, 2.75) is 20.0 Å². The van der Waals surface area contributed by atoms with Crippen molar-refractivity contribution in [3.05, 3.63) is 24.3 Å². The molecule has 98 valence electrons. The number of para-hydroxylation sites is 2. The Hall–Kier alpha value is -1.65. The Kier molecular flexibility index (Phi) is 3.79. The van der Waals surface area contributed by atoms with E-state index < -0.39 is 6.61 Å². The van der Waals surface area contributed by atoms with Gasteiger partial charge in [0.1, 0.15) is 11.5 Å². The molecule has 0 saturated carbocycles. The van der Waals surface area contributed by atoms with Crippen LogP contribution in [0.5, 0.6) is 5.75 Å². The molecule has 0 aliphatic carbocycles. The summed E-state index contributed by atoms with van der Waals surface area (Å²) in [6, 6.07) is 6.68. The number of halogens is 2. The molecule has 1 fully saturated rings. The highest BCUT2D eigenvalue weighted by Crippen LogP contribution is 2.31. The zero-order valence-corrected chi connectivity index (χ0v) is 10.1. The van der Waals surface area contributed by atoms with Crippen molar-refractivity contribution in [2.75, 3.05) is 18.0 Å². The number of benzene rings is 1. The van der Waals surface area contributed by atoms with E-state index in [-0.39, 0.29) is 17.5 Å². The smallest absolute Gasteiger partial charge is 0.387 e. The number of ether oxygens (including phenoxy) is 1. The summed E-state index contributed by atoms with van der Waals surface area (Å²) in [4.78, 5) is 13.4. The Labute approximate surface area is 104 Å². The molecule has 18 heavy (non-hydrogen) atoms. The van der Waals surface area contributed by atoms with Gasteiger partial charge >= 0.3 is 6.61 Å². The molecule has 2 rings (SSSR count). The maximum Gasteiger partial charge on any atom is 0.387 e. The topological polar surface area (TPSA) is 29.5 Å². The molecule has 0 radical (unpaired) electrons. The number of alkyl halides is 2. The lowest BCUT2D eigenvalue weighted by molar-refractivity contribution is -0.122. The van der Waals surface area contributed by atoms with E-state index in [0.29, 0.717) is 25.2 Å². The number of anilines is 1. The number of nitrogens with zero attached hydrogens (tertiary/aromatic N) is 1. The van der Waals surface area contributed by atoms with E-state index in [1.807, 2.05) is 11.8 Å². The van der Waals surface area contributed by atoms with Crippen LogP contribution in [0.2, 0.25) is 0 Å². The fourth-order valence-electron chi connectivity index (χ4n) is 2.15. The third-order valence-corrected chi connectivity index (χ3v) is 3.09. The lowest BCUT2D eigenvalue weighted by Gasteiger charge is -2.32. The fourth-order valence-corrected chi connectivity index (χ4v) is 2.15. The summed E-state index contributed by atoms with van der Waals surface area (Å²) in [6.45, 7) is 0.107. The van der Waals surface area contributed by atoms with Gasteiger partial charge in [0.05, 0.1) is 5.69 Å². The van der Waals surface area contributed by atoms with Crippen LogP contribution in [0.3, 0.4) is 0 Å². The van der Waals surface area contributed by atoms with Gasteiger partial charge < -0.3 is 9.64 Å². The molecular weight excluding hydrogens is 240 g/mol. The van der Waals surface area contributed by atoms with Crippen molar-refractivity contribution < 1.29 is 18.3 Å². The minimum absolute atomic E-state index is 0.0710. The minimum atomic E-state index is -2.84. The molecule has 1 aliphatic rings. The highest BCUT2D eigenvalue weighted by atomic mass is 19.3. The lowest BCUT2D eigenvalue weighted by Crippen LogP contribution is -2.39. The quantitative estimate of drug-likeness (QED) is 0.831. The zero-order valence-electron chi connectivity index (χ0n) is 10.1. The van der Waals surface area contributed by atoms with Crippen LogP contribution in [0.25, 0.3) is 0 Å². The van der Waals surface area contributed by atoms with Crippen LogP contribution in [0.4, 0.5) is 14.5 Å². The molecule has 0 amide bonds. The predicted molar refractivity (Wildman–Crippen MR) is 64.1 cm³/mol. The van der Waals surface area contributed by atoms with E-state index in [0.717, 1.165) is 0 Å². The molecular formula is C13H15F2NO2. The first kappa shape index (κ1) is 12.8. The van der Waals surface area contributed by atoms with Crippen LogP contribution in [-0.4, -0.2) is 25.5 Å². The fraction of sp³-hybridized carbons (Fsp3) is 0.462. The number of carbonyl (C=O) groups excluding carboxylic acids is 1. The highest BCUT2D eigenvalue weighted by Gasteiger charge is 2.25. The van der Waals surface area contributed by atoms with Gasteiger partial charge in [-0.3, -0.25) is 4.79 Å². The first-order valence-corrected chi connectivity index (χ1v) is 5.89. The summed E-state index contributed by atoms with van der Waals surface area (Å²) >= 11 is 0. The predicted octanol–water partition coefficient (Wildman–Crippen LogP) is 2.70. The SMILES string of the molecule is CC1CN(c2ccccc2OC(F)F)CCC1=O. The Balaban J connectivity index is 2.19. The monoisotopic (exact) mass is 255 g/mol. The van der Waals surface area contributed by atoms with Crippen molar-refractivity contribution in [1.29, 1.82) is 0 Å². The number of carbonyl (C=O) groups is 1. The van der Waals surface area contributed by atoms with E-state index in [4.69, 9.17) is 0 Å². The molecule has 1 aromatic carbocycles. The summed E-state index contributed by atoms with van der Waals surface area (Å²) < 4.78 is 29.1. The van der Waals surface area contributed by atoms with Gasteiger partial charge in [-0.1, -0.05) is 19.1 Å². The second-order valence-electron chi connectivity index (χ2n) is 4.41. The van der Waals surface area contributed by atoms with Gasteiger partial charge in [0.15, 0.2) is 0 Å². The molecule has 5 heteroatoms. The van der Waals surface area contributed by atoms with E-state index in [1.54, 1.807) is 18.2 Å². The number of hydrogen-bond donors (Lipinski definition) is 0. The van der Waals surface area contributed by atoms with Gasteiger partial charge in [-0.2, -0.15) is 8.78 Å². The van der Waals surface area contributed by atoms with Gasteiger partial charge in [-0.25, -0.2) is 0 Å². The molecule has 0 spiro atoms. The summed E-state index contributed by atoms with van der Waals surface area (Å²) in [5, 5.41) is 0. The number of piperidine rings is 1. The van der Waals surface area contributed by atoms with Gasteiger partial charge in [-0.05, 0) is 12.1 Å². The normalized spacial score (nSPS) is 20.3. The largest absolute Gasteiger partial charge is 0.433 e. The van der Waals surface area contributed by atoms with Crippen LogP contribution in [0, 0.1) is 5.92 Å². The van der Waals surface area contributed by atoms with Crippen molar-refractivity contribution in [3.8, 4) is 5.75 Å². The van der Waals surface area contributed by atoms with Crippen LogP contribution in [0.1, 0.15) is 13.3 Å². The highest BCUT2D eigenvalue weighted by molar-refractivity contribution is 5.83. The number of rotatable bonds is 3. The van der Waals surface area contributed by atoms with E-state index in [2.05, 4.69) is 4.74 Å². The summed E-state index contributed by atoms with van der Waals surface area (Å²) in [7, 11) is 0. The molecule has 1 saturated heterocycles. The number of Topliss-reactive ketones (excluding diaryl/α,β-unsaturated/α-hetero) is 1. The van der Waals surface area contributed by atoms with Crippen molar-refractivity contribution in [1.82, 2.24) is 0 Å². The van der Waals surface area contributed by atoms with E-state index in [9.17, 15) is 13.6 Å². The Morgan fingerprint density at radius 1 is 1.39 bits per heavy atom. The van der Waals surface area contributed by atoms with Crippen LogP contribution >= 0.6 is 0 Å². The van der Waals surface area contributed by atoms with Gasteiger partial charge in [0.25, 0.3) is 0 Å². The zero-order chi connectivity index (χ0) is 13.1. The van der Waals surface area contributed by atoms with Crippen LogP contribution < -0.4 is 9.64 Å². The number of ketones is 1. The summed E-state index contributed by atoms with van der Waals surface area (Å²) in [5.41, 5.74) is 0.622. The average Bonchev–Trinajstić information content (AvgIpc) is 2.33. The summed E-state index contributed by atoms with van der Waals surface area (Å²) in [5.74, 6) is 0.311. The molecule has 0 N–H and O–H groups in total. The average molecular weight is 255 g/mol. The Morgan fingerprint density at radius 2 is 2.11 bits per heavy atom. The van der Waals surface area contributed by atoms with Crippen LogP contribution in [-0.2, 0) is 4.79 Å². The van der Waals surface area contributed by atoms with Crippen LogP contribution in [0.15, 0.2) is 24.3 Å². The molecule has 0 bridgehead atoms. The van der Waals surface area contributed by atoms with Crippen molar-refractivity contribution in [3.63, 3.8) is 0 Å². The third kappa shape index (κ3) is 2.78. The molecule has 3 nitrogen and oxygen atoms in total. The second kappa shape index (κ2) is 5.33. The minimum Gasteiger partial charge on any atom is -0.433 e. The maximum absolute atomic E-state index is 12.3. The van der Waals surface area contributed by atoms with Gasteiger partial charge in [0, 0.05) is 25.4 Å². The van der Waals surface area contributed by atoms with Gasteiger partial charge in [-0.15, -0.1) is 0 Å². The Bertz CT molecular complexity index is 437. The molecule has 1 unspecified atom stereocenters. The Morgan fingerprint density at radius 3 is 2.78 bits per heavy atom. The molecule has 1 heterocycles.